The second-order valence-electron chi connectivity index (χ2n) is 4.35. The number of carbonyl (C=O) groups is 1. The first-order valence-corrected chi connectivity index (χ1v) is 8.24. The molecule has 0 aliphatic heterocycles. The van der Waals surface area contributed by atoms with Gasteiger partial charge in [-0.3, -0.25) is 14.3 Å². The summed E-state index contributed by atoms with van der Waals surface area (Å²) in [5.74, 6) is 0.182. The van der Waals surface area contributed by atoms with Crippen molar-refractivity contribution in [2.75, 3.05) is 5.32 Å². The third-order valence-electron chi connectivity index (χ3n) is 2.59. The maximum absolute atomic E-state index is 12.1. The number of hydrogen-bond acceptors (Lipinski definition) is 6. The molecule has 0 fully saturated rings. The summed E-state index contributed by atoms with van der Waals surface area (Å²) in [6, 6.07) is 1.61. The van der Waals surface area contributed by atoms with E-state index in [9.17, 15) is 9.00 Å². The minimum Gasteiger partial charge on any atom is -0.338 e. The molecule has 1 amide bonds. The fourth-order valence-electron chi connectivity index (χ4n) is 1.51. The van der Waals surface area contributed by atoms with E-state index in [0.29, 0.717) is 5.69 Å². The van der Waals surface area contributed by atoms with Crippen molar-refractivity contribution in [1.29, 1.82) is 0 Å². The van der Waals surface area contributed by atoms with E-state index in [1.165, 1.54) is 11.3 Å². The fourth-order valence-corrected chi connectivity index (χ4v) is 3.22. The average molecular weight is 313 g/mol. The van der Waals surface area contributed by atoms with Crippen LogP contribution in [0.4, 0.5) is 5.88 Å². The first kappa shape index (κ1) is 14.9. The molecule has 0 aliphatic rings. The molecule has 0 aromatic carbocycles. The molecule has 2 rings (SSSR count). The van der Waals surface area contributed by atoms with E-state index >= 15 is 0 Å². The summed E-state index contributed by atoms with van der Waals surface area (Å²) in [5.41, 5.74) is 1.42. The summed E-state index contributed by atoms with van der Waals surface area (Å²) in [6.45, 7) is 5.26. The SMILES string of the molecule is Cc1cc(NC(=O)C(C)S(=O)Cc2csc(C)n2)on1. The molecule has 20 heavy (non-hydrogen) atoms. The minimum atomic E-state index is -1.33. The van der Waals surface area contributed by atoms with Gasteiger partial charge in [0.25, 0.3) is 0 Å². The molecule has 0 saturated carbocycles. The summed E-state index contributed by atoms with van der Waals surface area (Å²) in [6.07, 6.45) is 0. The third kappa shape index (κ3) is 3.73. The summed E-state index contributed by atoms with van der Waals surface area (Å²) in [5, 5.41) is 8.36. The molecule has 0 bridgehead atoms. The van der Waals surface area contributed by atoms with Crippen molar-refractivity contribution in [3.8, 4) is 0 Å². The van der Waals surface area contributed by atoms with Gasteiger partial charge in [0.1, 0.15) is 5.25 Å². The van der Waals surface area contributed by atoms with Gasteiger partial charge < -0.3 is 4.52 Å². The summed E-state index contributed by atoms with van der Waals surface area (Å²) in [4.78, 5) is 16.2. The zero-order valence-corrected chi connectivity index (χ0v) is 13.0. The zero-order chi connectivity index (χ0) is 14.7. The molecular formula is C12H15N3O3S2. The van der Waals surface area contributed by atoms with Crippen molar-refractivity contribution >= 4 is 33.9 Å². The number of rotatable bonds is 5. The molecule has 2 aromatic heterocycles. The van der Waals surface area contributed by atoms with Crippen LogP contribution in [0.15, 0.2) is 16.0 Å². The van der Waals surface area contributed by atoms with Crippen molar-refractivity contribution in [2.45, 2.75) is 31.8 Å². The van der Waals surface area contributed by atoms with E-state index in [-0.39, 0.29) is 17.5 Å². The maximum Gasteiger partial charge on any atom is 0.242 e. The fraction of sp³-hybridized carbons (Fsp3) is 0.417. The molecule has 0 radical (unpaired) electrons. The molecule has 2 unspecified atom stereocenters. The smallest absolute Gasteiger partial charge is 0.242 e. The highest BCUT2D eigenvalue weighted by molar-refractivity contribution is 7.85. The lowest BCUT2D eigenvalue weighted by atomic mass is 10.4. The highest BCUT2D eigenvalue weighted by atomic mass is 32.2. The topological polar surface area (TPSA) is 85.1 Å². The van der Waals surface area contributed by atoms with Crippen molar-refractivity contribution in [2.24, 2.45) is 0 Å². The minimum absolute atomic E-state index is 0.265. The second-order valence-corrected chi connectivity index (χ2v) is 7.17. The Balaban J connectivity index is 1.94. The Morgan fingerprint density at radius 3 is 2.85 bits per heavy atom. The molecule has 108 valence electrons. The number of thiazole rings is 1. The van der Waals surface area contributed by atoms with Gasteiger partial charge in [0.05, 0.1) is 22.1 Å². The maximum atomic E-state index is 12.1. The van der Waals surface area contributed by atoms with Crippen LogP contribution >= 0.6 is 11.3 Å². The number of hydrogen-bond donors (Lipinski definition) is 1. The number of carbonyl (C=O) groups excluding carboxylic acids is 1. The largest absolute Gasteiger partial charge is 0.338 e. The van der Waals surface area contributed by atoms with Crippen molar-refractivity contribution < 1.29 is 13.5 Å². The van der Waals surface area contributed by atoms with Crippen LogP contribution in [0, 0.1) is 13.8 Å². The molecule has 1 N–H and O–H groups in total. The molecule has 0 aliphatic carbocycles. The highest BCUT2D eigenvalue weighted by Gasteiger charge is 2.22. The van der Waals surface area contributed by atoms with Gasteiger partial charge in [0.15, 0.2) is 0 Å². The number of aromatic nitrogens is 2. The predicted molar refractivity (Wildman–Crippen MR) is 78.0 cm³/mol. The summed E-state index contributed by atoms with van der Waals surface area (Å²) < 4.78 is 17.0. The van der Waals surface area contributed by atoms with Gasteiger partial charge in [-0.1, -0.05) is 5.16 Å². The van der Waals surface area contributed by atoms with E-state index < -0.39 is 16.0 Å². The lowest BCUT2D eigenvalue weighted by molar-refractivity contribution is -0.115. The molecule has 6 nitrogen and oxygen atoms in total. The summed E-state index contributed by atoms with van der Waals surface area (Å²) in [7, 11) is -1.33. The molecule has 2 heterocycles. The molecule has 0 saturated heterocycles. The van der Waals surface area contributed by atoms with Crippen molar-refractivity contribution in [1.82, 2.24) is 10.1 Å². The molecular weight excluding hydrogens is 298 g/mol. The Morgan fingerprint density at radius 2 is 2.30 bits per heavy atom. The number of nitrogens with zero attached hydrogens (tertiary/aromatic N) is 2. The van der Waals surface area contributed by atoms with Gasteiger partial charge in [0, 0.05) is 22.2 Å². The molecule has 0 spiro atoms. The Bertz CT molecular complexity index is 581. The van der Waals surface area contributed by atoms with Crippen LogP contribution in [0.5, 0.6) is 0 Å². The molecule has 2 atom stereocenters. The van der Waals surface area contributed by atoms with Gasteiger partial charge in [-0.25, -0.2) is 4.98 Å². The highest BCUT2D eigenvalue weighted by Crippen LogP contribution is 2.14. The number of aryl methyl sites for hydroxylation is 2. The molecule has 2 aromatic rings. The van der Waals surface area contributed by atoms with Crippen LogP contribution in [-0.2, 0) is 21.3 Å². The number of nitrogens with one attached hydrogen (secondary N) is 1. The predicted octanol–water partition coefficient (Wildman–Crippen LogP) is 2.02. The third-order valence-corrected chi connectivity index (χ3v) is 5.00. The van der Waals surface area contributed by atoms with Crippen LogP contribution < -0.4 is 5.32 Å². The second kappa shape index (κ2) is 6.27. The van der Waals surface area contributed by atoms with E-state index in [4.69, 9.17) is 4.52 Å². The monoisotopic (exact) mass is 313 g/mol. The van der Waals surface area contributed by atoms with Crippen LogP contribution in [0.1, 0.15) is 23.3 Å². The van der Waals surface area contributed by atoms with Crippen molar-refractivity contribution in [3.63, 3.8) is 0 Å². The average Bonchev–Trinajstić information content (AvgIpc) is 2.97. The van der Waals surface area contributed by atoms with E-state index in [1.807, 2.05) is 12.3 Å². The normalized spacial score (nSPS) is 13.9. The van der Waals surface area contributed by atoms with Gasteiger partial charge in [0.2, 0.25) is 11.8 Å². The lowest BCUT2D eigenvalue weighted by Crippen LogP contribution is -2.29. The van der Waals surface area contributed by atoms with Gasteiger partial charge in [-0.15, -0.1) is 11.3 Å². The van der Waals surface area contributed by atoms with E-state index in [0.717, 1.165) is 10.7 Å². The van der Waals surface area contributed by atoms with Gasteiger partial charge in [-0.05, 0) is 20.8 Å². The Hall–Kier alpha value is -1.54. The number of anilines is 1. The number of amides is 1. The van der Waals surface area contributed by atoms with Crippen LogP contribution in [-0.4, -0.2) is 25.5 Å². The molecule has 8 heteroatoms. The quantitative estimate of drug-likeness (QED) is 0.913. The zero-order valence-electron chi connectivity index (χ0n) is 11.4. The van der Waals surface area contributed by atoms with E-state index in [1.54, 1.807) is 19.9 Å². The standard InChI is InChI=1S/C12H15N3O3S2/c1-7-4-11(18-15-7)14-12(16)8(2)20(17)6-10-5-19-9(3)13-10/h4-5,8H,6H2,1-3H3,(H,14,16). The van der Waals surface area contributed by atoms with Gasteiger partial charge >= 0.3 is 0 Å². The Labute approximate surface area is 123 Å². The van der Waals surface area contributed by atoms with Crippen LogP contribution in [0.3, 0.4) is 0 Å². The van der Waals surface area contributed by atoms with Crippen LogP contribution in [0.25, 0.3) is 0 Å². The van der Waals surface area contributed by atoms with E-state index in [2.05, 4.69) is 15.5 Å². The lowest BCUT2D eigenvalue weighted by Gasteiger charge is -2.09. The first-order valence-electron chi connectivity index (χ1n) is 5.98. The van der Waals surface area contributed by atoms with Gasteiger partial charge in [-0.2, -0.15) is 0 Å². The Morgan fingerprint density at radius 1 is 1.55 bits per heavy atom. The van der Waals surface area contributed by atoms with Crippen molar-refractivity contribution in [3.05, 3.63) is 27.8 Å². The Kier molecular flexibility index (Phi) is 4.66. The summed E-state index contributed by atoms with van der Waals surface area (Å²) >= 11 is 1.50. The first-order chi connectivity index (χ1) is 9.45. The van der Waals surface area contributed by atoms with Crippen LogP contribution in [0.2, 0.25) is 0 Å².